The number of aliphatic hydroxyl groups is 4. The molecule has 4 N–H and O–H groups in total. The van der Waals surface area contributed by atoms with Crippen molar-refractivity contribution in [1.82, 2.24) is 0 Å². The minimum absolute atomic E-state index is 0.0231. The predicted octanol–water partition coefficient (Wildman–Crippen LogP) is 0.106. The van der Waals surface area contributed by atoms with E-state index >= 15 is 0 Å². The summed E-state index contributed by atoms with van der Waals surface area (Å²) in [6.45, 7) is 1.66. The molecule has 3 rings (SSSR count). The quantitative estimate of drug-likeness (QED) is 0.392. The van der Waals surface area contributed by atoms with Crippen LogP contribution in [-0.4, -0.2) is 76.1 Å². The van der Waals surface area contributed by atoms with Crippen molar-refractivity contribution in [2.24, 2.45) is 11.8 Å². The molecule has 0 aromatic heterocycles. The van der Waals surface area contributed by atoms with Crippen LogP contribution in [0.4, 0.5) is 0 Å². The Morgan fingerprint density at radius 1 is 1.00 bits per heavy atom. The van der Waals surface area contributed by atoms with E-state index in [9.17, 15) is 13.5 Å². The molecule has 0 heterocycles. The normalized spacial score (nSPS) is 34.6. The van der Waals surface area contributed by atoms with Crippen LogP contribution in [-0.2, 0) is 14.3 Å². The molecular weight excluding hydrogens is 394 g/mol. The van der Waals surface area contributed by atoms with Crippen molar-refractivity contribution in [3.8, 4) is 0 Å². The maximum Gasteiger partial charge on any atom is 0.297 e. The first-order chi connectivity index (χ1) is 13.6. The highest BCUT2D eigenvalue weighted by atomic mass is 32.2. The van der Waals surface area contributed by atoms with Gasteiger partial charge in [-0.05, 0) is 37.7 Å². The predicted molar refractivity (Wildman–Crippen MR) is 109 cm³/mol. The lowest BCUT2D eigenvalue weighted by atomic mass is 9.84. The highest BCUT2D eigenvalue weighted by molar-refractivity contribution is 7.86. The number of aliphatic hydroxyl groups excluding tert-OH is 4. The standard InChI is InChI=1S/C13H17BO5S.C6H11BO2/c1-8-2-4-10(5-3-8)20(17,18)19-13-11(14)6-9(7-15)12(13)16;7-5-1-4(3-8)6(9)2-5/h2-5,9,11-13,15-16H,6-7H2,1H3;4-6,8-9H,1-3H2. The van der Waals surface area contributed by atoms with E-state index in [-0.39, 0.29) is 35.9 Å². The van der Waals surface area contributed by atoms with Gasteiger partial charge in [-0.3, -0.25) is 4.18 Å². The third kappa shape index (κ3) is 6.29. The maximum atomic E-state index is 12.1. The second kappa shape index (κ2) is 10.4. The summed E-state index contributed by atoms with van der Waals surface area (Å²) in [4.78, 5) is 0.0231. The van der Waals surface area contributed by atoms with Crippen molar-refractivity contribution >= 4 is 25.8 Å². The van der Waals surface area contributed by atoms with E-state index in [1.807, 2.05) is 6.92 Å². The first-order valence-corrected chi connectivity index (χ1v) is 11.1. The zero-order chi connectivity index (χ0) is 21.8. The molecule has 7 unspecified atom stereocenters. The third-order valence-electron chi connectivity index (χ3n) is 5.53. The van der Waals surface area contributed by atoms with Gasteiger partial charge in [-0.2, -0.15) is 8.42 Å². The van der Waals surface area contributed by atoms with Gasteiger partial charge < -0.3 is 20.4 Å². The van der Waals surface area contributed by atoms with E-state index in [2.05, 4.69) is 0 Å². The van der Waals surface area contributed by atoms with E-state index in [0.717, 1.165) is 12.0 Å². The Morgan fingerprint density at radius 3 is 2.00 bits per heavy atom. The summed E-state index contributed by atoms with van der Waals surface area (Å²) in [5.74, 6) is -0.956. The van der Waals surface area contributed by atoms with Crippen molar-refractivity contribution in [2.45, 2.75) is 61.0 Å². The van der Waals surface area contributed by atoms with Crippen molar-refractivity contribution in [3.05, 3.63) is 29.8 Å². The maximum absolute atomic E-state index is 12.1. The number of benzene rings is 1. The average Bonchev–Trinajstić information content (AvgIpc) is 3.14. The summed E-state index contributed by atoms with van der Waals surface area (Å²) in [5.41, 5.74) is 0.932. The summed E-state index contributed by atoms with van der Waals surface area (Å²) in [6.07, 6.45) is -0.757. The molecule has 0 bridgehead atoms. The van der Waals surface area contributed by atoms with Crippen molar-refractivity contribution < 1.29 is 33.0 Å². The zero-order valence-electron chi connectivity index (χ0n) is 16.5. The van der Waals surface area contributed by atoms with Crippen LogP contribution >= 0.6 is 0 Å². The molecule has 2 saturated carbocycles. The number of hydrogen-bond acceptors (Lipinski definition) is 7. The second-order valence-corrected chi connectivity index (χ2v) is 9.47. The van der Waals surface area contributed by atoms with E-state index in [1.54, 1.807) is 12.1 Å². The SMILES string of the molecule is [B]C1CC(CO)C(O)C1OS(=O)(=O)c1ccc(C)cc1.[B]C1CC(O)C(CO)C1. The van der Waals surface area contributed by atoms with Gasteiger partial charge in [0.05, 0.1) is 38.9 Å². The molecule has 1 aromatic rings. The Bertz CT molecular complexity index is 743. The largest absolute Gasteiger partial charge is 0.396 e. The summed E-state index contributed by atoms with van der Waals surface area (Å²) < 4.78 is 29.3. The van der Waals surface area contributed by atoms with Gasteiger partial charge in [0.15, 0.2) is 0 Å². The lowest BCUT2D eigenvalue weighted by Gasteiger charge is -2.20. The lowest BCUT2D eigenvalue weighted by molar-refractivity contribution is 0.0219. The Balaban J connectivity index is 0.000000278. The average molecular weight is 422 g/mol. The van der Waals surface area contributed by atoms with Crippen LogP contribution in [0.2, 0.25) is 11.6 Å². The summed E-state index contributed by atoms with van der Waals surface area (Å²) in [6, 6.07) is 6.22. The molecule has 158 valence electrons. The van der Waals surface area contributed by atoms with Crippen LogP contribution in [0.1, 0.15) is 24.8 Å². The van der Waals surface area contributed by atoms with Crippen molar-refractivity contribution in [2.75, 3.05) is 13.2 Å². The minimum atomic E-state index is -3.98. The highest BCUT2D eigenvalue weighted by Crippen LogP contribution is 2.37. The van der Waals surface area contributed by atoms with Gasteiger partial charge in [0.25, 0.3) is 10.1 Å². The molecule has 2 fully saturated rings. The Kier molecular flexibility index (Phi) is 8.75. The highest BCUT2D eigenvalue weighted by Gasteiger charge is 2.42. The minimum Gasteiger partial charge on any atom is -0.396 e. The molecule has 7 nitrogen and oxygen atoms in total. The molecule has 4 radical (unpaired) electrons. The van der Waals surface area contributed by atoms with Crippen LogP contribution in [0, 0.1) is 18.8 Å². The topological polar surface area (TPSA) is 124 Å². The number of rotatable bonds is 5. The lowest BCUT2D eigenvalue weighted by Crippen LogP contribution is -2.33. The van der Waals surface area contributed by atoms with Gasteiger partial charge in [-0.15, -0.1) is 0 Å². The van der Waals surface area contributed by atoms with Crippen LogP contribution < -0.4 is 0 Å². The van der Waals surface area contributed by atoms with Crippen molar-refractivity contribution in [1.29, 1.82) is 0 Å². The van der Waals surface area contributed by atoms with Gasteiger partial charge >= 0.3 is 0 Å². The van der Waals surface area contributed by atoms with Crippen LogP contribution in [0.15, 0.2) is 29.2 Å². The van der Waals surface area contributed by atoms with Crippen molar-refractivity contribution in [3.63, 3.8) is 0 Å². The first kappa shape index (κ1) is 24.4. The third-order valence-corrected chi connectivity index (χ3v) is 6.85. The molecule has 2 aliphatic rings. The van der Waals surface area contributed by atoms with E-state index in [0.29, 0.717) is 12.8 Å². The van der Waals surface area contributed by atoms with Gasteiger partial charge in [0.1, 0.15) is 0 Å². The van der Waals surface area contributed by atoms with Crippen LogP contribution in [0.3, 0.4) is 0 Å². The van der Waals surface area contributed by atoms with E-state index in [1.165, 1.54) is 12.1 Å². The number of aryl methyl sites for hydroxylation is 1. The Morgan fingerprint density at radius 2 is 1.59 bits per heavy atom. The van der Waals surface area contributed by atoms with E-state index < -0.39 is 34.1 Å². The Hall–Kier alpha value is -0.900. The van der Waals surface area contributed by atoms with Crippen LogP contribution in [0.5, 0.6) is 0 Å². The molecule has 0 amide bonds. The van der Waals surface area contributed by atoms with Gasteiger partial charge in [0.2, 0.25) is 0 Å². The van der Waals surface area contributed by atoms with Gasteiger partial charge in [-0.25, -0.2) is 0 Å². The summed E-state index contributed by atoms with van der Waals surface area (Å²) >= 11 is 0. The fraction of sp³-hybridized carbons (Fsp3) is 0.684. The number of hydrogen-bond donors (Lipinski definition) is 4. The molecule has 2 aliphatic carbocycles. The first-order valence-electron chi connectivity index (χ1n) is 9.68. The molecule has 0 aliphatic heterocycles. The molecule has 7 atom stereocenters. The molecule has 10 heteroatoms. The van der Waals surface area contributed by atoms with Gasteiger partial charge in [0, 0.05) is 25.0 Å². The summed E-state index contributed by atoms with van der Waals surface area (Å²) in [7, 11) is 7.32. The molecule has 0 spiro atoms. The van der Waals surface area contributed by atoms with Crippen LogP contribution in [0.25, 0.3) is 0 Å². The van der Waals surface area contributed by atoms with Gasteiger partial charge in [-0.1, -0.05) is 29.9 Å². The molecule has 1 aromatic carbocycles. The molecule has 29 heavy (non-hydrogen) atoms. The molecular formula is C19H28B2O7S. The second-order valence-electron chi connectivity index (χ2n) is 7.90. The fourth-order valence-corrected chi connectivity index (χ4v) is 4.83. The zero-order valence-corrected chi connectivity index (χ0v) is 17.3. The molecule has 0 saturated heterocycles. The fourth-order valence-electron chi connectivity index (χ4n) is 3.70. The Labute approximate surface area is 175 Å². The smallest absolute Gasteiger partial charge is 0.297 e. The monoisotopic (exact) mass is 422 g/mol. The van der Waals surface area contributed by atoms with E-state index in [4.69, 9.17) is 35.2 Å². The summed E-state index contributed by atoms with van der Waals surface area (Å²) in [5, 5.41) is 36.8.